The summed E-state index contributed by atoms with van der Waals surface area (Å²) in [5.41, 5.74) is 0.259. The topological polar surface area (TPSA) is 83.8 Å². The monoisotopic (exact) mass is 262 g/mol. The van der Waals surface area contributed by atoms with Crippen molar-refractivity contribution in [1.82, 2.24) is 20.5 Å². The molecule has 1 unspecified atom stereocenters. The van der Waals surface area contributed by atoms with Crippen molar-refractivity contribution in [2.24, 2.45) is 0 Å². The van der Waals surface area contributed by atoms with Crippen LogP contribution in [-0.2, 0) is 0 Å². The minimum absolute atomic E-state index is 0.0315. The van der Waals surface area contributed by atoms with Crippen molar-refractivity contribution in [2.45, 2.75) is 32.7 Å². The average Bonchev–Trinajstić information content (AvgIpc) is 2.90. The van der Waals surface area contributed by atoms with E-state index >= 15 is 0 Å². The lowest BCUT2D eigenvalue weighted by Crippen LogP contribution is -2.21. The number of aromatic amines is 1. The Balaban J connectivity index is 2.23. The second-order valence-electron chi connectivity index (χ2n) is 4.28. The second kappa shape index (κ2) is 6.29. The molecule has 2 N–H and O–H groups in total. The maximum atomic E-state index is 11.7. The van der Waals surface area contributed by atoms with Crippen LogP contribution in [0.4, 0.5) is 0 Å². The Morgan fingerprint density at radius 1 is 1.42 bits per heavy atom. The first-order valence-corrected chi connectivity index (χ1v) is 6.50. The molecular weight excluding hydrogens is 244 g/mol. The van der Waals surface area contributed by atoms with E-state index in [9.17, 15) is 4.79 Å². The molecule has 2 heterocycles. The minimum atomic E-state index is -0.136. The number of pyridine rings is 1. The molecule has 2 aromatic rings. The van der Waals surface area contributed by atoms with Crippen molar-refractivity contribution in [3.63, 3.8) is 0 Å². The summed E-state index contributed by atoms with van der Waals surface area (Å²) in [5.74, 6) is 0.780. The van der Waals surface area contributed by atoms with Gasteiger partial charge in [0, 0.05) is 18.5 Å². The lowest BCUT2D eigenvalue weighted by atomic mass is 10.2. The van der Waals surface area contributed by atoms with E-state index in [1.165, 1.54) is 6.07 Å². The third kappa shape index (κ3) is 3.08. The van der Waals surface area contributed by atoms with E-state index in [2.05, 4.69) is 27.4 Å². The van der Waals surface area contributed by atoms with Crippen molar-refractivity contribution in [2.75, 3.05) is 6.54 Å². The van der Waals surface area contributed by atoms with Gasteiger partial charge in [0.05, 0.1) is 6.04 Å². The molecule has 0 aliphatic heterocycles. The molecule has 0 spiro atoms. The van der Waals surface area contributed by atoms with Gasteiger partial charge in [-0.25, -0.2) is 0 Å². The van der Waals surface area contributed by atoms with Crippen LogP contribution in [-0.4, -0.2) is 21.7 Å². The van der Waals surface area contributed by atoms with E-state index in [0.29, 0.717) is 11.5 Å². The third-order valence-corrected chi connectivity index (χ3v) is 2.84. The molecule has 0 saturated heterocycles. The summed E-state index contributed by atoms with van der Waals surface area (Å²) >= 11 is 0. The number of H-pyrrole nitrogens is 1. The molecule has 0 bridgehead atoms. The van der Waals surface area contributed by atoms with Gasteiger partial charge < -0.3 is 14.7 Å². The molecule has 1 atom stereocenters. The lowest BCUT2D eigenvalue weighted by molar-refractivity contribution is 0.396. The van der Waals surface area contributed by atoms with Crippen LogP contribution in [0, 0.1) is 0 Å². The Bertz CT molecular complexity index is 576. The predicted octanol–water partition coefficient (Wildman–Crippen LogP) is 1.88. The Kier molecular flexibility index (Phi) is 4.46. The van der Waals surface area contributed by atoms with Crippen LogP contribution < -0.4 is 10.7 Å². The van der Waals surface area contributed by atoms with Crippen LogP contribution in [0.1, 0.15) is 38.6 Å². The maximum absolute atomic E-state index is 11.7. The molecule has 0 aliphatic rings. The van der Waals surface area contributed by atoms with Crippen molar-refractivity contribution >= 4 is 0 Å². The zero-order valence-corrected chi connectivity index (χ0v) is 11.1. The van der Waals surface area contributed by atoms with Gasteiger partial charge in [-0.2, -0.15) is 0 Å². The largest absolute Gasteiger partial charge is 0.419 e. The normalized spacial score (nSPS) is 12.5. The molecule has 0 aromatic carbocycles. The van der Waals surface area contributed by atoms with Crippen LogP contribution in [0.5, 0.6) is 0 Å². The van der Waals surface area contributed by atoms with E-state index in [0.717, 1.165) is 19.4 Å². The predicted molar refractivity (Wildman–Crippen MR) is 71.7 cm³/mol. The number of hydrogen-bond donors (Lipinski definition) is 2. The summed E-state index contributed by atoms with van der Waals surface area (Å²) in [7, 11) is 0. The van der Waals surface area contributed by atoms with Crippen molar-refractivity contribution in [3.8, 4) is 11.5 Å². The highest BCUT2D eigenvalue weighted by Crippen LogP contribution is 2.19. The van der Waals surface area contributed by atoms with Crippen molar-refractivity contribution in [3.05, 3.63) is 34.6 Å². The van der Waals surface area contributed by atoms with Gasteiger partial charge >= 0.3 is 0 Å². The van der Waals surface area contributed by atoms with Gasteiger partial charge in [-0.3, -0.25) is 4.79 Å². The first kappa shape index (κ1) is 13.5. The second-order valence-corrected chi connectivity index (χ2v) is 4.28. The first-order valence-electron chi connectivity index (χ1n) is 6.50. The summed E-state index contributed by atoms with van der Waals surface area (Å²) < 4.78 is 5.60. The molecular formula is C13H18N4O2. The fourth-order valence-electron chi connectivity index (χ4n) is 1.79. The van der Waals surface area contributed by atoms with Crippen LogP contribution in [0.25, 0.3) is 11.5 Å². The number of hydrogen-bond acceptors (Lipinski definition) is 5. The molecule has 2 aromatic heterocycles. The van der Waals surface area contributed by atoms with Crippen LogP contribution in [0.15, 0.2) is 27.7 Å². The molecule has 2 rings (SSSR count). The van der Waals surface area contributed by atoms with E-state index in [4.69, 9.17) is 4.42 Å². The quantitative estimate of drug-likeness (QED) is 0.830. The molecule has 6 heteroatoms. The van der Waals surface area contributed by atoms with Crippen LogP contribution in [0.3, 0.4) is 0 Å². The Morgan fingerprint density at radius 2 is 2.26 bits per heavy atom. The van der Waals surface area contributed by atoms with Gasteiger partial charge in [-0.1, -0.05) is 13.8 Å². The van der Waals surface area contributed by atoms with Crippen molar-refractivity contribution < 1.29 is 4.42 Å². The van der Waals surface area contributed by atoms with Crippen LogP contribution >= 0.6 is 0 Å². The number of nitrogens with one attached hydrogen (secondary N) is 2. The number of nitrogens with zero attached hydrogens (tertiary/aromatic N) is 2. The van der Waals surface area contributed by atoms with E-state index in [1.807, 2.05) is 6.92 Å². The van der Waals surface area contributed by atoms with Gasteiger partial charge in [0.15, 0.2) is 5.43 Å². The van der Waals surface area contributed by atoms with E-state index in [-0.39, 0.29) is 17.4 Å². The number of rotatable bonds is 6. The molecule has 0 amide bonds. The zero-order valence-electron chi connectivity index (χ0n) is 11.1. The SMILES string of the molecule is CCCNC(CC)c1nnc(-c2c[nH]ccc2=O)o1. The smallest absolute Gasteiger partial charge is 0.253 e. The number of aromatic nitrogens is 3. The minimum Gasteiger partial charge on any atom is -0.419 e. The molecule has 0 fully saturated rings. The summed E-state index contributed by atoms with van der Waals surface area (Å²) in [5, 5.41) is 11.3. The molecule has 102 valence electrons. The summed E-state index contributed by atoms with van der Waals surface area (Å²) in [6.07, 6.45) is 5.03. The molecule has 0 radical (unpaired) electrons. The molecule has 6 nitrogen and oxygen atoms in total. The van der Waals surface area contributed by atoms with Gasteiger partial charge in [-0.15, -0.1) is 10.2 Å². The van der Waals surface area contributed by atoms with Gasteiger partial charge in [0.2, 0.25) is 5.89 Å². The van der Waals surface area contributed by atoms with E-state index in [1.54, 1.807) is 12.4 Å². The lowest BCUT2D eigenvalue weighted by Gasteiger charge is -2.11. The maximum Gasteiger partial charge on any atom is 0.253 e. The summed E-state index contributed by atoms with van der Waals surface area (Å²) in [4.78, 5) is 14.5. The van der Waals surface area contributed by atoms with E-state index < -0.39 is 0 Å². The highest BCUT2D eigenvalue weighted by Gasteiger charge is 2.17. The third-order valence-electron chi connectivity index (χ3n) is 2.84. The molecule has 19 heavy (non-hydrogen) atoms. The fraction of sp³-hybridized carbons (Fsp3) is 0.462. The highest BCUT2D eigenvalue weighted by molar-refractivity contribution is 5.49. The molecule has 0 saturated carbocycles. The van der Waals surface area contributed by atoms with Crippen molar-refractivity contribution in [1.29, 1.82) is 0 Å². The summed E-state index contributed by atoms with van der Waals surface area (Å²) in [6.45, 7) is 5.04. The molecule has 0 aliphatic carbocycles. The standard InChI is InChI=1S/C13H18N4O2/c1-3-6-15-10(4-2)13-17-16-12(19-13)9-8-14-7-5-11(9)18/h5,7-8,10,15H,3-4,6H2,1-2H3,(H,14,18). The van der Waals surface area contributed by atoms with Crippen LogP contribution in [0.2, 0.25) is 0 Å². The Hall–Kier alpha value is -1.95. The average molecular weight is 262 g/mol. The fourth-order valence-corrected chi connectivity index (χ4v) is 1.79. The van der Waals surface area contributed by atoms with Gasteiger partial charge in [0.25, 0.3) is 5.89 Å². The van der Waals surface area contributed by atoms with Gasteiger partial charge in [-0.05, 0) is 19.4 Å². The summed E-state index contributed by atoms with van der Waals surface area (Å²) in [6, 6.07) is 1.47. The highest BCUT2D eigenvalue weighted by atomic mass is 16.4. The zero-order chi connectivity index (χ0) is 13.7. The first-order chi connectivity index (χ1) is 9.26. The van der Waals surface area contributed by atoms with Gasteiger partial charge in [0.1, 0.15) is 5.56 Å². The Morgan fingerprint density at radius 3 is 2.95 bits per heavy atom. The Labute approximate surface area is 111 Å².